The van der Waals surface area contributed by atoms with Crippen molar-refractivity contribution >= 4 is 23.7 Å². The van der Waals surface area contributed by atoms with Gasteiger partial charge in [0.05, 0.1) is 6.10 Å². The van der Waals surface area contributed by atoms with Crippen LogP contribution >= 0.6 is 0 Å². The van der Waals surface area contributed by atoms with E-state index in [1.165, 1.54) is 6.92 Å². The Morgan fingerprint density at radius 3 is 1.66 bits per heavy atom. The number of aliphatic hydroxyl groups is 1. The average molecular weight is 459 g/mol. The number of carbonyl (C=O) groups is 4. The highest BCUT2D eigenvalue weighted by Crippen LogP contribution is 2.13. The largest absolute Gasteiger partial charge is 0.480 e. The molecule has 0 aliphatic carbocycles. The van der Waals surface area contributed by atoms with Crippen molar-refractivity contribution in [1.82, 2.24) is 16.0 Å². The van der Waals surface area contributed by atoms with Gasteiger partial charge >= 0.3 is 5.97 Å². The lowest BCUT2D eigenvalue weighted by molar-refractivity contribution is -0.144. The molecule has 0 bridgehead atoms. The number of hydrogen-bond donors (Lipinski definition) is 6. The van der Waals surface area contributed by atoms with Gasteiger partial charge in [0.25, 0.3) is 0 Å². The molecule has 3 amide bonds. The molecule has 0 radical (unpaired) electrons. The third-order valence-corrected chi connectivity index (χ3v) is 5.73. The second-order valence-corrected chi connectivity index (χ2v) is 9.04. The van der Waals surface area contributed by atoms with Crippen molar-refractivity contribution in [2.45, 2.75) is 98.0 Å². The second-order valence-electron chi connectivity index (χ2n) is 9.04. The first-order valence-corrected chi connectivity index (χ1v) is 11.3. The molecule has 7 unspecified atom stereocenters. The summed E-state index contributed by atoms with van der Waals surface area (Å²) in [6.07, 6.45) is 0.325. The first-order valence-electron chi connectivity index (χ1n) is 11.3. The number of aliphatic carboxylic acids is 1. The molecule has 10 heteroatoms. The van der Waals surface area contributed by atoms with Crippen LogP contribution in [0, 0.1) is 17.8 Å². The fraction of sp³-hybridized carbons (Fsp3) is 0.818. The highest BCUT2D eigenvalue weighted by Gasteiger charge is 2.34. The Kier molecular flexibility index (Phi) is 13.1. The summed E-state index contributed by atoms with van der Waals surface area (Å²) in [6, 6.07) is -4.21. The van der Waals surface area contributed by atoms with Gasteiger partial charge in [0.1, 0.15) is 24.2 Å². The maximum Gasteiger partial charge on any atom is 0.326 e. The fourth-order valence-electron chi connectivity index (χ4n) is 3.07. The molecular formula is C22H42N4O6. The molecule has 7 atom stereocenters. The van der Waals surface area contributed by atoms with Gasteiger partial charge in [0, 0.05) is 0 Å². The summed E-state index contributed by atoms with van der Waals surface area (Å²) < 4.78 is 0. The van der Waals surface area contributed by atoms with Crippen LogP contribution in [0.15, 0.2) is 0 Å². The molecule has 0 saturated heterocycles. The summed E-state index contributed by atoms with van der Waals surface area (Å²) in [6.45, 7) is 12.3. The number of carboxylic acid groups (broad SMARTS) is 1. The van der Waals surface area contributed by atoms with Gasteiger partial charge in [-0.1, -0.05) is 54.4 Å². The predicted molar refractivity (Wildman–Crippen MR) is 121 cm³/mol. The van der Waals surface area contributed by atoms with Crippen LogP contribution in [0.3, 0.4) is 0 Å². The molecule has 0 rings (SSSR count). The molecule has 7 N–H and O–H groups in total. The van der Waals surface area contributed by atoms with E-state index in [1.54, 1.807) is 13.8 Å². The maximum absolute atomic E-state index is 13.0. The number of amides is 3. The van der Waals surface area contributed by atoms with E-state index in [4.69, 9.17) is 5.73 Å². The van der Waals surface area contributed by atoms with E-state index < -0.39 is 54.0 Å². The van der Waals surface area contributed by atoms with Crippen molar-refractivity contribution < 1.29 is 29.4 Å². The van der Waals surface area contributed by atoms with Crippen LogP contribution in [0.1, 0.15) is 67.7 Å². The Morgan fingerprint density at radius 2 is 1.25 bits per heavy atom. The lowest BCUT2D eigenvalue weighted by Crippen LogP contribution is -2.60. The van der Waals surface area contributed by atoms with E-state index in [-0.39, 0.29) is 17.8 Å². The molecular weight excluding hydrogens is 416 g/mol. The first kappa shape index (κ1) is 29.8. The van der Waals surface area contributed by atoms with E-state index in [0.717, 1.165) is 0 Å². The van der Waals surface area contributed by atoms with Gasteiger partial charge in [-0.25, -0.2) is 4.79 Å². The Labute approximate surface area is 191 Å². The van der Waals surface area contributed by atoms with Crippen LogP contribution in [-0.2, 0) is 19.2 Å². The highest BCUT2D eigenvalue weighted by molar-refractivity contribution is 5.94. The zero-order valence-electron chi connectivity index (χ0n) is 20.3. The molecule has 0 fully saturated rings. The van der Waals surface area contributed by atoms with Crippen LogP contribution in [-0.4, -0.2) is 64.2 Å². The number of carbonyl (C=O) groups excluding carboxylic acids is 3. The summed E-state index contributed by atoms with van der Waals surface area (Å²) >= 11 is 0. The Balaban J connectivity index is 5.62. The summed E-state index contributed by atoms with van der Waals surface area (Å²) in [5, 5.41) is 26.8. The molecule has 0 aliphatic heterocycles. The monoisotopic (exact) mass is 458 g/mol. The zero-order valence-corrected chi connectivity index (χ0v) is 20.3. The minimum Gasteiger partial charge on any atom is -0.480 e. The van der Waals surface area contributed by atoms with Crippen LogP contribution in [0.25, 0.3) is 0 Å². The molecule has 0 aromatic rings. The van der Waals surface area contributed by atoms with Gasteiger partial charge in [-0.3, -0.25) is 14.4 Å². The zero-order chi connectivity index (χ0) is 25.2. The molecule has 186 valence electrons. The second kappa shape index (κ2) is 14.1. The summed E-state index contributed by atoms with van der Waals surface area (Å²) in [5.41, 5.74) is 5.67. The van der Waals surface area contributed by atoms with E-state index in [2.05, 4.69) is 16.0 Å². The van der Waals surface area contributed by atoms with Crippen LogP contribution in [0.2, 0.25) is 0 Å². The molecule has 32 heavy (non-hydrogen) atoms. The average Bonchev–Trinajstić information content (AvgIpc) is 2.72. The third-order valence-electron chi connectivity index (χ3n) is 5.73. The normalized spacial score (nSPS) is 17.9. The van der Waals surface area contributed by atoms with Crippen LogP contribution in [0.4, 0.5) is 0 Å². The smallest absolute Gasteiger partial charge is 0.326 e. The van der Waals surface area contributed by atoms with E-state index in [9.17, 15) is 29.4 Å². The quantitative estimate of drug-likeness (QED) is 0.218. The van der Waals surface area contributed by atoms with Crippen LogP contribution in [0.5, 0.6) is 0 Å². The van der Waals surface area contributed by atoms with Gasteiger partial charge in [0.2, 0.25) is 17.7 Å². The standard InChI is InChI=1S/C22H42N4O6/c1-8-12(5)17(21(30)26-18(22(31)32)13(6)9-2)25-19(28)15(10-11(3)4)24-20(29)16(23)14(7)27/h11-18,27H,8-10,23H2,1-7H3,(H,24,29)(H,25,28)(H,26,30)(H,31,32). The summed E-state index contributed by atoms with van der Waals surface area (Å²) in [4.78, 5) is 49.9. The minimum atomic E-state index is -1.20. The molecule has 10 nitrogen and oxygen atoms in total. The number of hydrogen-bond acceptors (Lipinski definition) is 6. The minimum absolute atomic E-state index is 0.0477. The Bertz CT molecular complexity index is 640. The summed E-state index contributed by atoms with van der Waals surface area (Å²) in [5.74, 6) is -3.49. The van der Waals surface area contributed by atoms with Crippen molar-refractivity contribution in [2.75, 3.05) is 0 Å². The van der Waals surface area contributed by atoms with Gasteiger partial charge in [-0.15, -0.1) is 0 Å². The van der Waals surface area contributed by atoms with Crippen LogP contribution < -0.4 is 21.7 Å². The summed E-state index contributed by atoms with van der Waals surface area (Å²) in [7, 11) is 0. The van der Waals surface area contributed by atoms with E-state index >= 15 is 0 Å². The van der Waals surface area contributed by atoms with Gasteiger partial charge in [0.15, 0.2) is 0 Å². The Morgan fingerprint density at radius 1 is 0.781 bits per heavy atom. The first-order chi connectivity index (χ1) is 14.8. The molecule has 0 aromatic carbocycles. The van der Waals surface area contributed by atoms with Crippen molar-refractivity contribution in [3.05, 3.63) is 0 Å². The number of rotatable bonds is 14. The van der Waals surface area contributed by atoms with Gasteiger partial charge in [-0.2, -0.15) is 0 Å². The molecule has 0 aromatic heterocycles. The maximum atomic E-state index is 13.0. The Hall–Kier alpha value is -2.20. The lowest BCUT2D eigenvalue weighted by Gasteiger charge is -2.29. The number of nitrogens with one attached hydrogen (secondary N) is 3. The van der Waals surface area contributed by atoms with Crippen molar-refractivity contribution in [3.63, 3.8) is 0 Å². The number of aliphatic hydroxyl groups excluding tert-OH is 1. The topological polar surface area (TPSA) is 171 Å². The molecule has 0 spiro atoms. The van der Waals surface area contributed by atoms with Crippen molar-refractivity contribution in [2.24, 2.45) is 23.5 Å². The third kappa shape index (κ3) is 9.52. The SMILES string of the molecule is CCC(C)C(NC(=O)C(NC(=O)C(CC(C)C)NC(=O)C(N)C(C)O)C(C)CC)C(=O)O. The van der Waals surface area contributed by atoms with Crippen molar-refractivity contribution in [3.8, 4) is 0 Å². The number of carboxylic acids is 1. The molecule has 0 aliphatic rings. The lowest BCUT2D eigenvalue weighted by atomic mass is 9.94. The van der Waals surface area contributed by atoms with Gasteiger partial charge in [-0.05, 0) is 31.1 Å². The van der Waals surface area contributed by atoms with Gasteiger partial charge < -0.3 is 31.9 Å². The van der Waals surface area contributed by atoms with E-state index in [0.29, 0.717) is 19.3 Å². The number of nitrogens with two attached hydrogens (primary N) is 1. The molecule has 0 heterocycles. The predicted octanol–water partition coefficient (Wildman–Crippen LogP) is 0.372. The van der Waals surface area contributed by atoms with Crippen molar-refractivity contribution in [1.29, 1.82) is 0 Å². The van der Waals surface area contributed by atoms with E-state index in [1.807, 2.05) is 27.7 Å². The fourth-order valence-corrected chi connectivity index (χ4v) is 3.07. The molecule has 0 saturated carbocycles. The highest BCUT2D eigenvalue weighted by atomic mass is 16.4.